The van der Waals surface area contributed by atoms with E-state index in [-0.39, 0.29) is 0 Å². The minimum Gasteiger partial charge on any atom is -0.272 e. The number of halogens is 1. The number of isocyanates is 1. The van der Waals surface area contributed by atoms with E-state index in [0.29, 0.717) is 17.7 Å². The standard InChI is InChI=1S/C6H8BrNO2/c1-5(7)2-3-6(10)8-4-9/h5H,2-3H2,1H3. The van der Waals surface area contributed by atoms with Crippen LogP contribution in [0.4, 0.5) is 0 Å². The normalized spacial score (nSPS) is 11.8. The van der Waals surface area contributed by atoms with Gasteiger partial charge in [-0.1, -0.05) is 22.9 Å². The molecule has 0 rings (SSSR count). The number of rotatable bonds is 3. The second-order valence-electron chi connectivity index (χ2n) is 1.92. The van der Waals surface area contributed by atoms with Crippen LogP contribution in [0.5, 0.6) is 0 Å². The molecule has 1 unspecified atom stereocenters. The first-order valence-corrected chi connectivity index (χ1v) is 3.83. The summed E-state index contributed by atoms with van der Waals surface area (Å²) in [5.41, 5.74) is 0. The lowest BCUT2D eigenvalue weighted by atomic mass is 10.2. The Hall–Kier alpha value is -0.470. The highest BCUT2D eigenvalue weighted by molar-refractivity contribution is 9.09. The Bertz CT molecular complexity index is 161. The van der Waals surface area contributed by atoms with Gasteiger partial charge in [-0.15, -0.1) is 4.99 Å². The molecule has 3 nitrogen and oxygen atoms in total. The fourth-order valence-corrected chi connectivity index (χ4v) is 0.658. The molecule has 0 spiro atoms. The SMILES string of the molecule is CC(Br)CCC(=O)N=C=O. The molecule has 0 saturated carbocycles. The molecule has 0 N–H and O–H groups in total. The molecule has 0 fully saturated rings. The minimum absolute atomic E-state index is 0.290. The predicted octanol–water partition coefficient (Wildman–Crippen LogP) is 1.41. The van der Waals surface area contributed by atoms with Crippen molar-refractivity contribution in [2.24, 2.45) is 4.99 Å². The van der Waals surface area contributed by atoms with Gasteiger partial charge in [0.2, 0.25) is 6.08 Å². The third-order valence-corrected chi connectivity index (χ3v) is 1.38. The minimum atomic E-state index is -0.402. The lowest BCUT2D eigenvalue weighted by molar-refractivity contribution is -0.117. The number of carbonyl (C=O) groups excluding carboxylic acids is 2. The molecule has 0 aromatic carbocycles. The van der Waals surface area contributed by atoms with Crippen LogP contribution in [0.1, 0.15) is 19.8 Å². The Morgan fingerprint density at radius 3 is 2.80 bits per heavy atom. The third kappa shape index (κ3) is 5.66. The van der Waals surface area contributed by atoms with Gasteiger partial charge in [-0.2, -0.15) is 0 Å². The van der Waals surface area contributed by atoms with Crippen LogP contribution in [0.2, 0.25) is 0 Å². The van der Waals surface area contributed by atoms with Crippen molar-refractivity contribution in [1.29, 1.82) is 0 Å². The van der Waals surface area contributed by atoms with E-state index in [0.717, 1.165) is 0 Å². The van der Waals surface area contributed by atoms with Gasteiger partial charge in [0.05, 0.1) is 0 Å². The maximum absolute atomic E-state index is 10.5. The van der Waals surface area contributed by atoms with Crippen molar-refractivity contribution >= 4 is 27.9 Å². The number of aliphatic imine (C=N–C) groups is 1. The summed E-state index contributed by atoms with van der Waals surface area (Å²) in [5.74, 6) is -0.402. The Labute approximate surface area is 67.6 Å². The summed E-state index contributed by atoms with van der Waals surface area (Å²) in [6.45, 7) is 1.93. The molecular weight excluding hydrogens is 198 g/mol. The van der Waals surface area contributed by atoms with Gasteiger partial charge >= 0.3 is 0 Å². The van der Waals surface area contributed by atoms with Crippen LogP contribution >= 0.6 is 15.9 Å². The molecule has 0 aromatic heterocycles. The van der Waals surface area contributed by atoms with E-state index in [4.69, 9.17) is 0 Å². The van der Waals surface area contributed by atoms with Crippen LogP contribution in [0, 0.1) is 0 Å². The highest BCUT2D eigenvalue weighted by Crippen LogP contribution is 2.06. The summed E-state index contributed by atoms with van der Waals surface area (Å²) in [6.07, 6.45) is 2.21. The number of hydrogen-bond acceptors (Lipinski definition) is 2. The monoisotopic (exact) mass is 205 g/mol. The molecule has 0 aliphatic heterocycles. The Morgan fingerprint density at radius 1 is 1.80 bits per heavy atom. The molecule has 1 amide bonds. The maximum Gasteiger partial charge on any atom is 0.256 e. The average molecular weight is 206 g/mol. The first-order chi connectivity index (χ1) is 4.66. The molecule has 10 heavy (non-hydrogen) atoms. The van der Waals surface area contributed by atoms with Gasteiger partial charge in [-0.05, 0) is 6.42 Å². The van der Waals surface area contributed by atoms with Crippen LogP contribution in [-0.2, 0) is 9.59 Å². The molecule has 4 heteroatoms. The van der Waals surface area contributed by atoms with E-state index < -0.39 is 5.91 Å². The highest BCUT2D eigenvalue weighted by Gasteiger charge is 2.01. The summed E-state index contributed by atoms with van der Waals surface area (Å²) < 4.78 is 0. The first-order valence-electron chi connectivity index (χ1n) is 2.91. The van der Waals surface area contributed by atoms with E-state index in [1.807, 2.05) is 6.92 Å². The van der Waals surface area contributed by atoms with Gasteiger partial charge < -0.3 is 0 Å². The number of carbonyl (C=O) groups is 1. The van der Waals surface area contributed by atoms with Gasteiger partial charge in [0, 0.05) is 11.2 Å². The second kappa shape index (κ2) is 5.33. The van der Waals surface area contributed by atoms with Crippen molar-refractivity contribution in [2.75, 3.05) is 0 Å². The average Bonchev–Trinajstić information content (AvgIpc) is 1.85. The van der Waals surface area contributed by atoms with Crippen molar-refractivity contribution in [3.63, 3.8) is 0 Å². The maximum atomic E-state index is 10.5. The van der Waals surface area contributed by atoms with Crippen molar-refractivity contribution < 1.29 is 9.59 Å². The molecule has 0 aliphatic rings. The largest absolute Gasteiger partial charge is 0.272 e. The van der Waals surface area contributed by atoms with Crippen LogP contribution in [0.15, 0.2) is 4.99 Å². The van der Waals surface area contributed by atoms with Crippen LogP contribution in [0.3, 0.4) is 0 Å². The molecular formula is C6H8BrNO2. The fraction of sp³-hybridized carbons (Fsp3) is 0.667. The molecule has 1 atom stereocenters. The van der Waals surface area contributed by atoms with Gasteiger partial charge in [0.1, 0.15) is 0 Å². The van der Waals surface area contributed by atoms with E-state index in [2.05, 4.69) is 20.9 Å². The number of amides is 1. The summed E-state index contributed by atoms with van der Waals surface area (Å²) in [5, 5.41) is 0. The van der Waals surface area contributed by atoms with E-state index in [1.165, 1.54) is 6.08 Å². The van der Waals surface area contributed by atoms with Crippen molar-refractivity contribution in [3.05, 3.63) is 0 Å². The molecule has 0 bridgehead atoms. The highest BCUT2D eigenvalue weighted by atomic mass is 79.9. The lowest BCUT2D eigenvalue weighted by Gasteiger charge is -1.96. The van der Waals surface area contributed by atoms with Crippen molar-refractivity contribution in [3.8, 4) is 0 Å². The van der Waals surface area contributed by atoms with Gasteiger partial charge in [0.25, 0.3) is 5.91 Å². The van der Waals surface area contributed by atoms with Crippen molar-refractivity contribution in [1.82, 2.24) is 0 Å². The quantitative estimate of drug-likeness (QED) is 0.398. The van der Waals surface area contributed by atoms with E-state index in [9.17, 15) is 9.59 Å². The topological polar surface area (TPSA) is 46.5 Å². The summed E-state index contributed by atoms with van der Waals surface area (Å²) in [7, 11) is 0. The van der Waals surface area contributed by atoms with Gasteiger partial charge in [-0.3, -0.25) is 4.79 Å². The molecule has 0 aliphatic carbocycles. The first kappa shape index (κ1) is 9.53. The Kier molecular flexibility index (Phi) is 5.08. The second-order valence-corrected chi connectivity index (χ2v) is 3.48. The van der Waals surface area contributed by atoms with E-state index in [1.54, 1.807) is 0 Å². The van der Waals surface area contributed by atoms with Crippen molar-refractivity contribution in [2.45, 2.75) is 24.6 Å². The van der Waals surface area contributed by atoms with Gasteiger partial charge in [-0.25, -0.2) is 4.79 Å². The number of hydrogen-bond donors (Lipinski definition) is 0. The molecule has 0 saturated heterocycles. The molecule has 56 valence electrons. The Balaban J connectivity index is 3.50. The summed E-state index contributed by atoms with van der Waals surface area (Å²) in [4.78, 5) is 23.3. The molecule has 0 aromatic rings. The smallest absolute Gasteiger partial charge is 0.256 e. The molecule has 0 heterocycles. The zero-order valence-electron chi connectivity index (χ0n) is 5.63. The number of alkyl halides is 1. The summed E-state index contributed by atoms with van der Waals surface area (Å²) in [6, 6.07) is 0. The lowest BCUT2D eigenvalue weighted by Crippen LogP contribution is -1.97. The van der Waals surface area contributed by atoms with Gasteiger partial charge in [0.15, 0.2) is 0 Å². The summed E-state index contributed by atoms with van der Waals surface area (Å²) >= 11 is 3.26. The number of nitrogens with zero attached hydrogens (tertiary/aromatic N) is 1. The third-order valence-electron chi connectivity index (χ3n) is 0.926. The molecule has 0 radical (unpaired) electrons. The van der Waals surface area contributed by atoms with Crippen LogP contribution < -0.4 is 0 Å². The zero-order valence-corrected chi connectivity index (χ0v) is 7.22. The fourth-order valence-electron chi connectivity index (χ4n) is 0.429. The zero-order chi connectivity index (χ0) is 7.98. The van der Waals surface area contributed by atoms with E-state index >= 15 is 0 Å². The Morgan fingerprint density at radius 2 is 2.40 bits per heavy atom. The predicted molar refractivity (Wildman–Crippen MR) is 40.8 cm³/mol. The van der Waals surface area contributed by atoms with Crippen LogP contribution in [-0.4, -0.2) is 16.8 Å². The van der Waals surface area contributed by atoms with Crippen LogP contribution in [0.25, 0.3) is 0 Å².